The molecule has 28 heavy (non-hydrogen) atoms. The molecule has 1 aliphatic heterocycles. The topological polar surface area (TPSA) is 35.2 Å². The maximum atomic E-state index is 4.77. The molecule has 0 radical (unpaired) electrons. The van der Waals surface area contributed by atoms with Crippen LogP contribution in [0.4, 0.5) is 5.95 Å². The minimum Gasteiger partial charge on any atom is -0.340 e. The Bertz CT molecular complexity index is 961. The van der Waals surface area contributed by atoms with E-state index in [2.05, 4.69) is 87.6 Å². The van der Waals surface area contributed by atoms with Gasteiger partial charge in [-0.15, -0.1) is 0 Å². The van der Waals surface area contributed by atoms with Crippen molar-refractivity contribution in [2.45, 2.75) is 6.04 Å². The van der Waals surface area contributed by atoms with Crippen LogP contribution >= 0.6 is 0 Å². The average Bonchev–Trinajstić information content (AvgIpc) is 3.20. The summed E-state index contributed by atoms with van der Waals surface area (Å²) in [5.74, 6) is 0.983. The fraction of sp³-hybridized carbons (Fsp3) is 0.208. The minimum absolute atomic E-state index is 0.292. The van der Waals surface area contributed by atoms with Gasteiger partial charge in [0.1, 0.15) is 0 Å². The number of piperazine rings is 1. The van der Waals surface area contributed by atoms with Gasteiger partial charge >= 0.3 is 0 Å². The van der Waals surface area contributed by atoms with Crippen LogP contribution < -0.4 is 4.90 Å². The molecule has 0 spiro atoms. The zero-order valence-corrected chi connectivity index (χ0v) is 15.8. The first-order valence-electron chi connectivity index (χ1n) is 9.92. The third-order valence-electron chi connectivity index (χ3n) is 5.59. The maximum Gasteiger partial charge on any atom is 0.203 e. The Hall–Kier alpha value is -3.11. The lowest BCUT2D eigenvalue weighted by Crippen LogP contribution is -2.48. The maximum absolute atomic E-state index is 4.77. The largest absolute Gasteiger partial charge is 0.340 e. The zero-order valence-electron chi connectivity index (χ0n) is 15.8. The van der Waals surface area contributed by atoms with Gasteiger partial charge in [0, 0.05) is 26.2 Å². The summed E-state index contributed by atoms with van der Waals surface area (Å²) in [5.41, 5.74) is 4.84. The SMILES string of the molecule is c1ccc(C(c2ccccc2)N2CCN(c3nc4ccccc4[nH]3)CC2)cc1. The van der Waals surface area contributed by atoms with Crippen molar-refractivity contribution in [3.8, 4) is 0 Å². The average molecular weight is 368 g/mol. The number of hydrogen-bond acceptors (Lipinski definition) is 3. The quantitative estimate of drug-likeness (QED) is 0.577. The molecule has 0 amide bonds. The molecule has 0 saturated carbocycles. The second-order valence-corrected chi connectivity index (χ2v) is 7.32. The van der Waals surface area contributed by atoms with Crippen molar-refractivity contribution >= 4 is 17.0 Å². The Morgan fingerprint density at radius 1 is 0.679 bits per heavy atom. The van der Waals surface area contributed by atoms with Crippen LogP contribution in [0.3, 0.4) is 0 Å². The second-order valence-electron chi connectivity index (χ2n) is 7.32. The van der Waals surface area contributed by atoms with Crippen LogP contribution in [0.15, 0.2) is 84.9 Å². The van der Waals surface area contributed by atoms with E-state index < -0.39 is 0 Å². The number of aromatic amines is 1. The number of fused-ring (bicyclic) bond motifs is 1. The highest BCUT2D eigenvalue weighted by molar-refractivity contribution is 5.77. The molecule has 5 rings (SSSR count). The molecular formula is C24H24N4. The van der Waals surface area contributed by atoms with Crippen molar-refractivity contribution in [1.29, 1.82) is 0 Å². The van der Waals surface area contributed by atoms with E-state index in [-0.39, 0.29) is 0 Å². The lowest BCUT2D eigenvalue weighted by atomic mass is 9.96. The van der Waals surface area contributed by atoms with Crippen molar-refractivity contribution in [2.75, 3.05) is 31.1 Å². The Balaban J connectivity index is 1.37. The molecular weight excluding hydrogens is 344 g/mol. The van der Waals surface area contributed by atoms with Gasteiger partial charge in [-0.2, -0.15) is 0 Å². The van der Waals surface area contributed by atoms with E-state index in [4.69, 9.17) is 4.98 Å². The number of hydrogen-bond donors (Lipinski definition) is 1. The van der Waals surface area contributed by atoms with Gasteiger partial charge in [0.15, 0.2) is 0 Å². The van der Waals surface area contributed by atoms with Gasteiger partial charge in [-0.3, -0.25) is 4.90 Å². The summed E-state index contributed by atoms with van der Waals surface area (Å²) < 4.78 is 0. The lowest BCUT2D eigenvalue weighted by molar-refractivity contribution is 0.211. The molecule has 1 saturated heterocycles. The molecule has 1 N–H and O–H groups in total. The molecule has 1 aliphatic rings. The molecule has 3 aromatic carbocycles. The van der Waals surface area contributed by atoms with Crippen molar-refractivity contribution in [1.82, 2.24) is 14.9 Å². The standard InChI is InChI=1S/C24H24N4/c1-3-9-19(10-4-1)23(20-11-5-2-6-12-20)27-15-17-28(18-16-27)24-25-21-13-7-8-14-22(21)26-24/h1-14,23H,15-18H2,(H,25,26). The van der Waals surface area contributed by atoms with Crippen LogP contribution in [0.2, 0.25) is 0 Å². The molecule has 1 aromatic heterocycles. The minimum atomic E-state index is 0.292. The molecule has 0 unspecified atom stereocenters. The highest BCUT2D eigenvalue weighted by Gasteiger charge is 2.27. The summed E-state index contributed by atoms with van der Waals surface area (Å²) in [5, 5.41) is 0. The number of para-hydroxylation sites is 2. The fourth-order valence-electron chi connectivity index (χ4n) is 4.17. The van der Waals surface area contributed by atoms with Crippen molar-refractivity contribution < 1.29 is 0 Å². The molecule has 140 valence electrons. The highest BCUT2D eigenvalue weighted by atomic mass is 15.3. The summed E-state index contributed by atoms with van der Waals surface area (Å²) in [7, 11) is 0. The van der Waals surface area contributed by atoms with Gasteiger partial charge in [0.05, 0.1) is 17.1 Å². The van der Waals surface area contributed by atoms with E-state index >= 15 is 0 Å². The van der Waals surface area contributed by atoms with E-state index in [1.165, 1.54) is 11.1 Å². The van der Waals surface area contributed by atoms with Gasteiger partial charge < -0.3 is 9.88 Å². The number of H-pyrrole nitrogens is 1. The van der Waals surface area contributed by atoms with E-state index in [1.807, 2.05) is 12.1 Å². The normalized spacial score (nSPS) is 15.4. The second kappa shape index (κ2) is 7.49. The number of imidazole rings is 1. The molecule has 2 heterocycles. The first-order chi connectivity index (χ1) is 13.9. The fourth-order valence-corrected chi connectivity index (χ4v) is 4.17. The number of benzene rings is 3. The van der Waals surface area contributed by atoms with Crippen LogP contribution in [0.1, 0.15) is 17.2 Å². The predicted molar refractivity (Wildman–Crippen MR) is 115 cm³/mol. The van der Waals surface area contributed by atoms with E-state index in [1.54, 1.807) is 0 Å². The van der Waals surface area contributed by atoms with Gasteiger partial charge in [0.2, 0.25) is 5.95 Å². The van der Waals surface area contributed by atoms with Gasteiger partial charge in [-0.1, -0.05) is 72.8 Å². The summed E-state index contributed by atoms with van der Waals surface area (Å²) in [6.45, 7) is 3.95. The molecule has 4 heteroatoms. The molecule has 4 aromatic rings. The summed E-state index contributed by atoms with van der Waals surface area (Å²) in [4.78, 5) is 13.2. The van der Waals surface area contributed by atoms with Crippen molar-refractivity contribution in [3.05, 3.63) is 96.1 Å². The number of anilines is 1. The number of nitrogens with zero attached hydrogens (tertiary/aromatic N) is 3. The van der Waals surface area contributed by atoms with Crippen LogP contribution in [0.25, 0.3) is 11.0 Å². The third kappa shape index (κ3) is 3.27. The third-order valence-corrected chi connectivity index (χ3v) is 5.59. The van der Waals surface area contributed by atoms with Crippen LogP contribution in [0.5, 0.6) is 0 Å². The van der Waals surface area contributed by atoms with Crippen LogP contribution in [-0.4, -0.2) is 41.0 Å². The summed E-state index contributed by atoms with van der Waals surface area (Å²) >= 11 is 0. The first kappa shape index (κ1) is 17.0. The molecule has 0 atom stereocenters. The van der Waals surface area contributed by atoms with Crippen molar-refractivity contribution in [3.63, 3.8) is 0 Å². The number of aromatic nitrogens is 2. The lowest BCUT2D eigenvalue weighted by Gasteiger charge is -2.39. The Kier molecular flexibility index (Phi) is 4.55. The molecule has 1 fully saturated rings. The van der Waals surface area contributed by atoms with E-state index in [0.29, 0.717) is 6.04 Å². The monoisotopic (exact) mass is 368 g/mol. The smallest absolute Gasteiger partial charge is 0.203 e. The molecule has 4 nitrogen and oxygen atoms in total. The van der Waals surface area contributed by atoms with E-state index in [9.17, 15) is 0 Å². The van der Waals surface area contributed by atoms with Crippen LogP contribution in [0, 0.1) is 0 Å². The van der Waals surface area contributed by atoms with Gasteiger partial charge in [-0.05, 0) is 23.3 Å². The Morgan fingerprint density at radius 3 is 1.86 bits per heavy atom. The van der Waals surface area contributed by atoms with Gasteiger partial charge in [-0.25, -0.2) is 4.98 Å². The molecule has 0 bridgehead atoms. The van der Waals surface area contributed by atoms with Gasteiger partial charge in [0.25, 0.3) is 0 Å². The Labute approximate surface area is 165 Å². The highest BCUT2D eigenvalue weighted by Crippen LogP contribution is 2.30. The molecule has 0 aliphatic carbocycles. The predicted octanol–water partition coefficient (Wildman–Crippen LogP) is 4.47. The number of nitrogens with one attached hydrogen (secondary N) is 1. The zero-order chi connectivity index (χ0) is 18.8. The van der Waals surface area contributed by atoms with Crippen LogP contribution in [-0.2, 0) is 0 Å². The summed E-state index contributed by atoms with van der Waals surface area (Å²) in [6, 6.07) is 30.2. The first-order valence-corrected chi connectivity index (χ1v) is 9.92. The van der Waals surface area contributed by atoms with E-state index in [0.717, 1.165) is 43.2 Å². The Morgan fingerprint density at radius 2 is 1.25 bits per heavy atom. The van der Waals surface area contributed by atoms with Crippen molar-refractivity contribution in [2.24, 2.45) is 0 Å². The number of rotatable bonds is 4. The summed E-state index contributed by atoms with van der Waals surface area (Å²) in [6.07, 6.45) is 0.